The molecule has 1 aromatic heterocycles. The molecule has 2 aromatic rings. The number of alkyl halides is 3. The Morgan fingerprint density at radius 1 is 1.38 bits per heavy atom. The van der Waals surface area contributed by atoms with Crippen molar-refractivity contribution in [1.82, 2.24) is 9.55 Å². The van der Waals surface area contributed by atoms with Gasteiger partial charge in [-0.2, -0.15) is 18.4 Å². The van der Waals surface area contributed by atoms with Crippen LogP contribution in [0.15, 0.2) is 12.1 Å². The molecule has 1 unspecified atom stereocenters. The first kappa shape index (κ1) is 13.5. The zero-order valence-corrected chi connectivity index (χ0v) is 10.9. The summed E-state index contributed by atoms with van der Waals surface area (Å²) in [5.41, 5.74) is 0.436. The molecule has 8 heteroatoms. The number of imidazole rings is 1. The maximum Gasteiger partial charge on any atom is 0.449 e. The van der Waals surface area contributed by atoms with Gasteiger partial charge >= 0.3 is 6.18 Å². The van der Waals surface area contributed by atoms with Gasteiger partial charge in [0.25, 0.3) is 0 Å². The Balaban J connectivity index is 2.22. The van der Waals surface area contributed by atoms with Crippen LogP contribution in [0.1, 0.15) is 12.7 Å². The fraction of sp³-hybridized carbons (Fsp3) is 0.385. The van der Waals surface area contributed by atoms with Crippen molar-refractivity contribution >= 4 is 11.0 Å². The summed E-state index contributed by atoms with van der Waals surface area (Å²) in [7, 11) is 0. The molecule has 110 valence electrons. The van der Waals surface area contributed by atoms with Crippen molar-refractivity contribution in [3.8, 4) is 17.6 Å². The highest BCUT2D eigenvalue weighted by atomic mass is 19.4. The topological polar surface area (TPSA) is 60.1 Å². The van der Waals surface area contributed by atoms with Crippen LogP contribution in [0.2, 0.25) is 0 Å². The van der Waals surface area contributed by atoms with E-state index in [-0.39, 0.29) is 24.4 Å². The molecule has 1 atom stereocenters. The highest BCUT2D eigenvalue weighted by Gasteiger charge is 2.38. The number of rotatable bonds is 2. The number of nitriles is 1. The van der Waals surface area contributed by atoms with Crippen LogP contribution in [-0.4, -0.2) is 16.3 Å². The van der Waals surface area contributed by atoms with E-state index < -0.39 is 17.9 Å². The lowest BCUT2D eigenvalue weighted by molar-refractivity contribution is -0.147. The molecule has 5 nitrogen and oxygen atoms in total. The van der Waals surface area contributed by atoms with Crippen molar-refractivity contribution in [2.45, 2.75) is 19.6 Å². The Bertz CT molecular complexity index is 746. The van der Waals surface area contributed by atoms with E-state index in [2.05, 4.69) is 4.98 Å². The van der Waals surface area contributed by atoms with Gasteiger partial charge in [0.15, 0.2) is 11.5 Å². The number of ether oxygens (including phenoxy) is 2. The van der Waals surface area contributed by atoms with Gasteiger partial charge in [0, 0.05) is 18.7 Å². The van der Waals surface area contributed by atoms with Gasteiger partial charge in [0.1, 0.15) is 0 Å². The molecule has 0 N–H and O–H groups in total. The van der Waals surface area contributed by atoms with Crippen molar-refractivity contribution in [2.24, 2.45) is 5.92 Å². The monoisotopic (exact) mass is 297 g/mol. The van der Waals surface area contributed by atoms with Crippen LogP contribution in [-0.2, 0) is 12.7 Å². The first-order valence-electron chi connectivity index (χ1n) is 6.17. The third kappa shape index (κ3) is 2.24. The van der Waals surface area contributed by atoms with Crippen LogP contribution >= 0.6 is 0 Å². The van der Waals surface area contributed by atoms with Gasteiger partial charge in [-0.15, -0.1) is 0 Å². The minimum atomic E-state index is -4.60. The minimum absolute atomic E-state index is 0.0304. The summed E-state index contributed by atoms with van der Waals surface area (Å²) in [6, 6.07) is 4.81. The van der Waals surface area contributed by atoms with Gasteiger partial charge in [0.2, 0.25) is 12.6 Å². The summed E-state index contributed by atoms with van der Waals surface area (Å²) in [5, 5.41) is 8.84. The molecule has 0 amide bonds. The second-order valence-corrected chi connectivity index (χ2v) is 4.77. The van der Waals surface area contributed by atoms with E-state index in [1.54, 1.807) is 6.92 Å². The van der Waals surface area contributed by atoms with Crippen molar-refractivity contribution in [2.75, 3.05) is 6.79 Å². The summed E-state index contributed by atoms with van der Waals surface area (Å²) in [4.78, 5) is 3.64. The van der Waals surface area contributed by atoms with Crippen LogP contribution in [0.5, 0.6) is 11.5 Å². The second-order valence-electron chi connectivity index (χ2n) is 4.77. The quantitative estimate of drug-likeness (QED) is 0.855. The third-order valence-corrected chi connectivity index (χ3v) is 3.17. The van der Waals surface area contributed by atoms with Crippen LogP contribution in [0, 0.1) is 17.2 Å². The van der Waals surface area contributed by atoms with Crippen molar-refractivity contribution in [3.05, 3.63) is 18.0 Å². The molecule has 0 radical (unpaired) electrons. The predicted molar refractivity (Wildman–Crippen MR) is 65.6 cm³/mol. The lowest BCUT2D eigenvalue weighted by Crippen LogP contribution is -2.17. The van der Waals surface area contributed by atoms with E-state index in [1.807, 2.05) is 6.07 Å². The number of hydrogen-bond acceptors (Lipinski definition) is 4. The van der Waals surface area contributed by atoms with Gasteiger partial charge in [-0.05, 0) is 6.92 Å². The molecule has 0 bridgehead atoms. The number of benzene rings is 1. The Morgan fingerprint density at radius 3 is 2.67 bits per heavy atom. The van der Waals surface area contributed by atoms with E-state index in [0.29, 0.717) is 11.5 Å². The molecule has 0 saturated heterocycles. The van der Waals surface area contributed by atoms with E-state index in [9.17, 15) is 13.2 Å². The summed E-state index contributed by atoms with van der Waals surface area (Å²) < 4.78 is 50.6. The van der Waals surface area contributed by atoms with Crippen LogP contribution < -0.4 is 9.47 Å². The second kappa shape index (κ2) is 4.55. The highest BCUT2D eigenvalue weighted by molar-refractivity contribution is 5.81. The minimum Gasteiger partial charge on any atom is -0.454 e. The maximum absolute atomic E-state index is 13.1. The summed E-state index contributed by atoms with van der Waals surface area (Å²) in [5.74, 6) is -0.853. The van der Waals surface area contributed by atoms with E-state index in [1.165, 1.54) is 12.1 Å². The molecule has 0 saturated carbocycles. The van der Waals surface area contributed by atoms with Crippen LogP contribution in [0.25, 0.3) is 11.0 Å². The van der Waals surface area contributed by atoms with E-state index >= 15 is 0 Å². The summed E-state index contributed by atoms with van der Waals surface area (Å²) >= 11 is 0. The third-order valence-electron chi connectivity index (χ3n) is 3.17. The summed E-state index contributed by atoms with van der Waals surface area (Å²) in [6.07, 6.45) is -4.60. The number of aromatic nitrogens is 2. The maximum atomic E-state index is 13.1. The molecule has 3 rings (SSSR count). The first-order chi connectivity index (χ1) is 9.90. The average Bonchev–Trinajstić information content (AvgIpc) is 3.00. The first-order valence-corrected chi connectivity index (χ1v) is 6.17. The largest absolute Gasteiger partial charge is 0.454 e. The van der Waals surface area contributed by atoms with Crippen molar-refractivity contribution < 1.29 is 22.6 Å². The smallest absolute Gasteiger partial charge is 0.449 e. The Morgan fingerprint density at radius 2 is 2.05 bits per heavy atom. The Kier molecular flexibility index (Phi) is 2.93. The number of nitrogens with zero attached hydrogens (tertiary/aromatic N) is 3. The Hall–Kier alpha value is -2.43. The number of hydrogen-bond donors (Lipinski definition) is 0. The lowest BCUT2D eigenvalue weighted by Gasteiger charge is -2.12. The normalized spacial score (nSPS) is 15.2. The fourth-order valence-corrected chi connectivity index (χ4v) is 2.23. The van der Waals surface area contributed by atoms with E-state index in [0.717, 1.165) is 4.57 Å². The molecular weight excluding hydrogens is 287 g/mol. The zero-order chi connectivity index (χ0) is 15.2. The molecule has 21 heavy (non-hydrogen) atoms. The molecule has 1 aliphatic heterocycles. The molecular formula is C13H10F3N3O2. The molecule has 0 fully saturated rings. The summed E-state index contributed by atoms with van der Waals surface area (Å²) in [6.45, 7) is 1.49. The molecule has 2 heterocycles. The van der Waals surface area contributed by atoms with E-state index in [4.69, 9.17) is 14.7 Å². The van der Waals surface area contributed by atoms with Crippen molar-refractivity contribution in [1.29, 1.82) is 5.26 Å². The number of fused-ring (bicyclic) bond motifs is 2. The average molecular weight is 297 g/mol. The Labute approximate surface area is 117 Å². The van der Waals surface area contributed by atoms with Gasteiger partial charge in [-0.3, -0.25) is 0 Å². The van der Waals surface area contributed by atoms with Gasteiger partial charge in [0.05, 0.1) is 23.0 Å². The fourth-order valence-electron chi connectivity index (χ4n) is 2.23. The lowest BCUT2D eigenvalue weighted by atomic mass is 10.2. The van der Waals surface area contributed by atoms with Gasteiger partial charge in [-0.25, -0.2) is 4.98 Å². The van der Waals surface area contributed by atoms with Crippen LogP contribution in [0.4, 0.5) is 13.2 Å². The van der Waals surface area contributed by atoms with Gasteiger partial charge in [-0.1, -0.05) is 0 Å². The molecule has 1 aliphatic rings. The molecule has 1 aromatic carbocycles. The highest BCUT2D eigenvalue weighted by Crippen LogP contribution is 2.39. The number of halogens is 3. The predicted octanol–water partition coefficient (Wildman–Crippen LogP) is 2.94. The zero-order valence-electron chi connectivity index (χ0n) is 10.9. The molecule has 0 spiro atoms. The van der Waals surface area contributed by atoms with Crippen LogP contribution in [0.3, 0.4) is 0 Å². The standard InChI is InChI=1S/C13H10F3N3O2/c1-7(4-17)5-19-9-3-11-10(20-6-21-11)2-8(9)18-12(19)13(14,15)16/h2-3,7H,5-6H2,1H3. The SMILES string of the molecule is CC(C#N)Cn1c(C(F)(F)F)nc2cc3c(cc21)OCO3. The molecule has 0 aliphatic carbocycles. The van der Waals surface area contributed by atoms with Crippen molar-refractivity contribution in [3.63, 3.8) is 0 Å². The van der Waals surface area contributed by atoms with Gasteiger partial charge < -0.3 is 14.0 Å².